The molecule has 98 valence electrons. The van der Waals surface area contributed by atoms with Crippen molar-refractivity contribution in [1.82, 2.24) is 0 Å². The molecule has 1 aromatic rings. The molecule has 0 amide bonds. The van der Waals surface area contributed by atoms with E-state index in [0.29, 0.717) is 17.1 Å². The quantitative estimate of drug-likeness (QED) is 0.775. The van der Waals surface area contributed by atoms with Crippen LogP contribution in [0.3, 0.4) is 0 Å². The second kappa shape index (κ2) is 5.73. The van der Waals surface area contributed by atoms with E-state index in [2.05, 4.69) is 4.74 Å². The SMILES string of the molecule is COC(=O)c1ccc(OCCO)c(OC2CC2)c1. The monoisotopic (exact) mass is 252 g/mol. The van der Waals surface area contributed by atoms with Gasteiger partial charge >= 0.3 is 5.97 Å². The van der Waals surface area contributed by atoms with E-state index in [-0.39, 0.29) is 19.3 Å². The van der Waals surface area contributed by atoms with Gasteiger partial charge < -0.3 is 19.3 Å². The molecule has 1 saturated carbocycles. The fourth-order valence-electron chi connectivity index (χ4n) is 1.49. The van der Waals surface area contributed by atoms with Crippen molar-refractivity contribution in [3.63, 3.8) is 0 Å². The zero-order valence-corrected chi connectivity index (χ0v) is 10.2. The molecule has 18 heavy (non-hydrogen) atoms. The lowest BCUT2D eigenvalue weighted by atomic mass is 10.2. The first-order chi connectivity index (χ1) is 8.74. The van der Waals surface area contributed by atoms with E-state index in [1.165, 1.54) is 7.11 Å². The van der Waals surface area contributed by atoms with Crippen LogP contribution in [0.4, 0.5) is 0 Å². The Hall–Kier alpha value is -1.75. The van der Waals surface area contributed by atoms with Gasteiger partial charge in [0.2, 0.25) is 0 Å². The van der Waals surface area contributed by atoms with E-state index >= 15 is 0 Å². The topological polar surface area (TPSA) is 65.0 Å². The molecule has 0 heterocycles. The largest absolute Gasteiger partial charge is 0.487 e. The zero-order valence-electron chi connectivity index (χ0n) is 10.2. The molecule has 2 rings (SSSR count). The Balaban J connectivity index is 2.19. The van der Waals surface area contributed by atoms with E-state index in [4.69, 9.17) is 14.6 Å². The maximum Gasteiger partial charge on any atom is 0.337 e. The molecule has 0 aromatic heterocycles. The summed E-state index contributed by atoms with van der Waals surface area (Å²) in [5, 5.41) is 8.75. The van der Waals surface area contributed by atoms with Gasteiger partial charge in [-0.25, -0.2) is 4.79 Å². The third-order valence-corrected chi connectivity index (χ3v) is 2.53. The average molecular weight is 252 g/mol. The first-order valence-corrected chi connectivity index (χ1v) is 5.87. The van der Waals surface area contributed by atoms with E-state index in [9.17, 15) is 4.79 Å². The summed E-state index contributed by atoms with van der Waals surface area (Å²) < 4.78 is 15.7. The molecule has 1 aromatic carbocycles. The van der Waals surface area contributed by atoms with Crippen molar-refractivity contribution in [2.45, 2.75) is 18.9 Å². The third-order valence-electron chi connectivity index (χ3n) is 2.53. The Bertz CT molecular complexity index is 425. The van der Waals surface area contributed by atoms with Crippen LogP contribution >= 0.6 is 0 Å². The number of ether oxygens (including phenoxy) is 3. The predicted molar refractivity (Wildman–Crippen MR) is 64.0 cm³/mol. The number of hydrogen-bond acceptors (Lipinski definition) is 5. The lowest BCUT2D eigenvalue weighted by molar-refractivity contribution is 0.0600. The van der Waals surface area contributed by atoms with Crippen LogP contribution in [0, 0.1) is 0 Å². The Morgan fingerprint density at radius 1 is 1.39 bits per heavy atom. The molecule has 0 bridgehead atoms. The molecule has 5 heteroatoms. The summed E-state index contributed by atoms with van der Waals surface area (Å²) in [6.45, 7) is 0.125. The summed E-state index contributed by atoms with van der Waals surface area (Å²) in [4.78, 5) is 11.4. The van der Waals surface area contributed by atoms with Crippen molar-refractivity contribution in [2.75, 3.05) is 20.3 Å². The lowest BCUT2D eigenvalue weighted by Crippen LogP contribution is -2.07. The number of esters is 1. The third kappa shape index (κ3) is 3.13. The summed E-state index contributed by atoms with van der Waals surface area (Å²) in [6, 6.07) is 4.87. The fraction of sp³-hybridized carbons (Fsp3) is 0.462. The van der Waals surface area contributed by atoms with Crippen LogP contribution < -0.4 is 9.47 Å². The maximum absolute atomic E-state index is 11.4. The Labute approximate surface area is 105 Å². The van der Waals surface area contributed by atoms with Crippen molar-refractivity contribution in [1.29, 1.82) is 0 Å². The summed E-state index contributed by atoms with van der Waals surface area (Å²) >= 11 is 0. The number of methoxy groups -OCH3 is 1. The van der Waals surface area contributed by atoms with Crippen LogP contribution in [0.2, 0.25) is 0 Å². The van der Waals surface area contributed by atoms with Crippen molar-refractivity contribution in [3.05, 3.63) is 23.8 Å². The molecule has 1 N–H and O–H groups in total. The first-order valence-electron chi connectivity index (χ1n) is 5.87. The maximum atomic E-state index is 11.4. The highest BCUT2D eigenvalue weighted by atomic mass is 16.5. The van der Waals surface area contributed by atoms with Crippen molar-refractivity contribution in [2.24, 2.45) is 0 Å². The summed E-state index contributed by atoms with van der Waals surface area (Å²) in [7, 11) is 1.33. The van der Waals surface area contributed by atoms with Gasteiger partial charge in [-0.2, -0.15) is 0 Å². The van der Waals surface area contributed by atoms with Gasteiger partial charge in [0.05, 0.1) is 25.4 Å². The fourth-order valence-corrected chi connectivity index (χ4v) is 1.49. The number of benzene rings is 1. The number of carbonyl (C=O) groups excluding carboxylic acids is 1. The Kier molecular flexibility index (Phi) is 4.04. The van der Waals surface area contributed by atoms with Gasteiger partial charge in [0.25, 0.3) is 0 Å². The highest BCUT2D eigenvalue weighted by molar-refractivity contribution is 5.90. The highest BCUT2D eigenvalue weighted by Gasteiger charge is 2.25. The standard InChI is InChI=1S/C13H16O5/c1-16-13(15)9-2-5-11(17-7-6-14)12(8-9)18-10-3-4-10/h2,5,8,10,14H,3-4,6-7H2,1H3. The molecule has 1 aliphatic carbocycles. The van der Waals surface area contributed by atoms with Crippen LogP contribution in [-0.4, -0.2) is 37.5 Å². The van der Waals surface area contributed by atoms with Gasteiger partial charge in [0, 0.05) is 0 Å². The summed E-state index contributed by atoms with van der Waals surface area (Å²) in [6.07, 6.45) is 2.23. The average Bonchev–Trinajstić information content (AvgIpc) is 3.20. The van der Waals surface area contributed by atoms with Crippen molar-refractivity contribution in [3.8, 4) is 11.5 Å². The smallest absolute Gasteiger partial charge is 0.337 e. The lowest BCUT2D eigenvalue weighted by Gasteiger charge is -2.12. The van der Waals surface area contributed by atoms with Crippen LogP contribution in [0.15, 0.2) is 18.2 Å². The summed E-state index contributed by atoms with van der Waals surface area (Å²) in [5.74, 6) is 0.641. The second-order valence-corrected chi connectivity index (χ2v) is 4.04. The Morgan fingerprint density at radius 3 is 2.78 bits per heavy atom. The van der Waals surface area contributed by atoms with E-state index < -0.39 is 5.97 Å². The van der Waals surface area contributed by atoms with Gasteiger partial charge in [-0.15, -0.1) is 0 Å². The minimum absolute atomic E-state index is 0.0678. The molecule has 0 saturated heterocycles. The molecule has 1 fully saturated rings. The number of hydrogen-bond donors (Lipinski definition) is 1. The number of rotatable bonds is 6. The minimum atomic E-state index is -0.413. The Morgan fingerprint density at radius 2 is 2.17 bits per heavy atom. The van der Waals surface area contributed by atoms with Crippen molar-refractivity contribution < 1.29 is 24.1 Å². The molecule has 0 atom stereocenters. The molecule has 5 nitrogen and oxygen atoms in total. The van der Waals surface area contributed by atoms with Gasteiger partial charge in [-0.3, -0.25) is 0 Å². The number of aliphatic hydroxyl groups is 1. The number of carbonyl (C=O) groups is 1. The van der Waals surface area contributed by atoms with Gasteiger partial charge in [0.1, 0.15) is 6.61 Å². The van der Waals surface area contributed by atoms with Gasteiger partial charge in [0.15, 0.2) is 11.5 Å². The predicted octanol–water partition coefficient (Wildman–Crippen LogP) is 1.39. The zero-order chi connectivity index (χ0) is 13.0. The molecule has 0 radical (unpaired) electrons. The highest BCUT2D eigenvalue weighted by Crippen LogP contribution is 2.34. The molecular formula is C13H16O5. The molecule has 1 aliphatic rings. The van der Waals surface area contributed by atoms with E-state index in [1.807, 2.05) is 0 Å². The second-order valence-electron chi connectivity index (χ2n) is 4.04. The van der Waals surface area contributed by atoms with Crippen LogP contribution in [-0.2, 0) is 4.74 Å². The number of aliphatic hydroxyl groups excluding tert-OH is 1. The van der Waals surface area contributed by atoms with Gasteiger partial charge in [-0.1, -0.05) is 0 Å². The van der Waals surface area contributed by atoms with Crippen LogP contribution in [0.5, 0.6) is 11.5 Å². The van der Waals surface area contributed by atoms with Crippen LogP contribution in [0.1, 0.15) is 23.2 Å². The van der Waals surface area contributed by atoms with Crippen LogP contribution in [0.25, 0.3) is 0 Å². The minimum Gasteiger partial charge on any atom is -0.487 e. The van der Waals surface area contributed by atoms with E-state index in [1.54, 1.807) is 18.2 Å². The molecule has 0 aliphatic heterocycles. The normalized spacial score (nSPS) is 14.1. The summed E-state index contributed by atoms with van der Waals surface area (Å²) in [5.41, 5.74) is 0.421. The molecule has 0 unspecified atom stereocenters. The molecular weight excluding hydrogens is 236 g/mol. The van der Waals surface area contributed by atoms with Gasteiger partial charge in [-0.05, 0) is 31.0 Å². The van der Waals surface area contributed by atoms with Crippen molar-refractivity contribution >= 4 is 5.97 Å². The molecule has 0 spiro atoms. The van der Waals surface area contributed by atoms with E-state index in [0.717, 1.165) is 12.8 Å². The first kappa shape index (κ1) is 12.7.